The number of nitrogens with zero attached hydrogens (tertiary/aromatic N) is 4. The monoisotopic (exact) mass is 582 g/mol. The van der Waals surface area contributed by atoms with Gasteiger partial charge in [0.25, 0.3) is 11.8 Å². The largest absolute Gasteiger partial charge is 0.489 e. The highest BCUT2D eigenvalue weighted by molar-refractivity contribution is 6.35. The Morgan fingerprint density at radius 1 is 1.00 bits per heavy atom. The van der Waals surface area contributed by atoms with Crippen molar-refractivity contribution in [1.82, 2.24) is 14.7 Å². The molecule has 0 aliphatic carbocycles. The molecule has 0 spiro atoms. The Hall–Kier alpha value is -4.64. The highest BCUT2D eigenvalue weighted by Gasteiger charge is 2.34. The predicted molar refractivity (Wildman–Crippen MR) is 158 cm³/mol. The minimum Gasteiger partial charge on any atom is -0.489 e. The van der Waals surface area contributed by atoms with Crippen molar-refractivity contribution in [1.29, 1.82) is 5.26 Å². The molecule has 1 aliphatic rings. The molecule has 0 fully saturated rings. The van der Waals surface area contributed by atoms with Crippen LogP contribution in [0.5, 0.6) is 5.75 Å². The van der Waals surface area contributed by atoms with Crippen molar-refractivity contribution in [2.24, 2.45) is 0 Å². The van der Waals surface area contributed by atoms with E-state index in [1.54, 1.807) is 36.7 Å². The third-order valence-electron chi connectivity index (χ3n) is 6.74. The minimum atomic E-state index is -0.578. The lowest BCUT2D eigenvalue weighted by Gasteiger charge is -2.26. The van der Waals surface area contributed by atoms with Gasteiger partial charge in [-0.15, -0.1) is 0 Å². The zero-order valence-electron chi connectivity index (χ0n) is 22.3. The SMILES string of the molecule is CCN1C(=O)C(C#N)=C(C)/C(=C\c2cn(-c3ccccc3)nc2-c2ccc(OCc3ccc(Cl)cc3Cl)cc2)C1=O. The van der Waals surface area contributed by atoms with Crippen LogP contribution in [-0.4, -0.2) is 33.0 Å². The Morgan fingerprint density at radius 2 is 1.73 bits per heavy atom. The van der Waals surface area contributed by atoms with Crippen molar-refractivity contribution in [2.45, 2.75) is 20.5 Å². The topological polar surface area (TPSA) is 88.2 Å². The van der Waals surface area contributed by atoms with E-state index in [9.17, 15) is 14.9 Å². The average molecular weight is 583 g/mol. The summed E-state index contributed by atoms with van der Waals surface area (Å²) in [4.78, 5) is 27.0. The Bertz CT molecular complexity index is 1750. The van der Waals surface area contributed by atoms with Gasteiger partial charge in [0.2, 0.25) is 0 Å². The first kappa shape index (κ1) is 27.9. The van der Waals surface area contributed by atoms with Gasteiger partial charge in [0.1, 0.15) is 24.0 Å². The Balaban J connectivity index is 1.53. The number of imide groups is 1. The molecule has 204 valence electrons. The number of halogens is 2. The Morgan fingerprint density at radius 3 is 2.39 bits per heavy atom. The molecule has 0 bridgehead atoms. The lowest BCUT2D eigenvalue weighted by atomic mass is 9.93. The highest BCUT2D eigenvalue weighted by Crippen LogP contribution is 2.32. The second kappa shape index (κ2) is 11.8. The molecule has 1 aliphatic heterocycles. The van der Waals surface area contributed by atoms with Gasteiger partial charge in [-0.05, 0) is 74.0 Å². The van der Waals surface area contributed by atoms with Gasteiger partial charge in [0.15, 0.2) is 0 Å². The average Bonchev–Trinajstić information content (AvgIpc) is 3.40. The molecule has 3 aromatic carbocycles. The number of carbonyl (C=O) groups is 2. The van der Waals surface area contributed by atoms with Gasteiger partial charge in [-0.1, -0.05) is 47.5 Å². The quantitative estimate of drug-likeness (QED) is 0.172. The number of nitriles is 1. The van der Waals surface area contributed by atoms with E-state index in [0.29, 0.717) is 32.6 Å². The summed E-state index contributed by atoms with van der Waals surface area (Å²) >= 11 is 12.3. The molecule has 5 rings (SSSR count). The second-order valence-electron chi connectivity index (χ2n) is 9.29. The summed E-state index contributed by atoms with van der Waals surface area (Å²) < 4.78 is 7.66. The van der Waals surface area contributed by atoms with Gasteiger partial charge in [-0.3, -0.25) is 14.5 Å². The van der Waals surface area contributed by atoms with E-state index in [2.05, 4.69) is 0 Å². The predicted octanol–water partition coefficient (Wildman–Crippen LogP) is 7.04. The first-order chi connectivity index (χ1) is 19.8. The van der Waals surface area contributed by atoms with Crippen LogP contribution in [0.1, 0.15) is 25.0 Å². The molecule has 7 nitrogen and oxygen atoms in total. The summed E-state index contributed by atoms with van der Waals surface area (Å²) in [6.07, 6.45) is 3.52. The van der Waals surface area contributed by atoms with Gasteiger partial charge in [-0.2, -0.15) is 10.4 Å². The number of amides is 2. The Labute approximate surface area is 247 Å². The number of para-hydroxylation sites is 1. The number of likely N-dealkylation sites (N-methyl/N-ethyl adjacent to an activating group) is 1. The van der Waals surface area contributed by atoms with Crippen molar-refractivity contribution in [3.05, 3.63) is 117 Å². The number of carbonyl (C=O) groups excluding carboxylic acids is 2. The minimum absolute atomic E-state index is 0.0445. The molecule has 0 radical (unpaired) electrons. The summed E-state index contributed by atoms with van der Waals surface area (Å²) in [5, 5.41) is 15.6. The molecule has 0 unspecified atom stereocenters. The van der Waals surface area contributed by atoms with Crippen molar-refractivity contribution in [2.75, 3.05) is 6.54 Å². The van der Waals surface area contributed by atoms with E-state index in [1.807, 2.05) is 72.9 Å². The van der Waals surface area contributed by atoms with E-state index in [1.165, 1.54) is 0 Å². The zero-order chi connectivity index (χ0) is 29.1. The number of aromatic nitrogens is 2. The van der Waals surface area contributed by atoms with Gasteiger partial charge in [0.05, 0.1) is 11.4 Å². The molecule has 0 saturated heterocycles. The van der Waals surface area contributed by atoms with Crippen LogP contribution in [0.2, 0.25) is 10.0 Å². The number of ether oxygens (including phenoxy) is 1. The van der Waals surface area contributed by atoms with E-state index < -0.39 is 11.8 Å². The van der Waals surface area contributed by atoms with Crippen LogP contribution >= 0.6 is 23.2 Å². The van der Waals surface area contributed by atoms with E-state index in [0.717, 1.165) is 21.7 Å². The van der Waals surface area contributed by atoms with Crippen LogP contribution in [-0.2, 0) is 16.2 Å². The fourth-order valence-corrected chi connectivity index (χ4v) is 4.97. The molecule has 0 N–H and O–H groups in total. The molecule has 41 heavy (non-hydrogen) atoms. The number of hydrogen-bond acceptors (Lipinski definition) is 5. The number of hydrogen-bond donors (Lipinski definition) is 0. The molecular formula is C32H24Cl2N4O3. The van der Waals surface area contributed by atoms with Crippen LogP contribution in [0.15, 0.2) is 95.7 Å². The fourth-order valence-electron chi connectivity index (χ4n) is 4.51. The summed E-state index contributed by atoms with van der Waals surface area (Å²) in [6.45, 7) is 3.75. The lowest BCUT2D eigenvalue weighted by molar-refractivity contribution is -0.140. The zero-order valence-corrected chi connectivity index (χ0v) is 23.8. The smallest absolute Gasteiger partial charge is 0.271 e. The third kappa shape index (κ3) is 5.66. The normalized spacial score (nSPS) is 14.5. The van der Waals surface area contributed by atoms with Crippen LogP contribution in [0.3, 0.4) is 0 Å². The van der Waals surface area contributed by atoms with Gasteiger partial charge < -0.3 is 4.74 Å². The second-order valence-corrected chi connectivity index (χ2v) is 10.1. The van der Waals surface area contributed by atoms with E-state index in [4.69, 9.17) is 33.0 Å². The van der Waals surface area contributed by atoms with Crippen LogP contribution in [0, 0.1) is 11.3 Å². The molecule has 2 heterocycles. The standard InChI is InChI=1S/C32H24Cl2N4O3/c1-3-37-31(39)27(20(2)28(17-35)32(37)40)15-23-18-38(25-7-5-4-6-8-25)36-30(23)21-10-13-26(14-11-21)41-19-22-9-12-24(33)16-29(22)34/h4-16,18H,3,19H2,1-2H3/b27-15+. The molecule has 0 atom stereocenters. The molecule has 1 aromatic heterocycles. The van der Waals surface area contributed by atoms with Gasteiger partial charge in [-0.25, -0.2) is 4.68 Å². The summed E-state index contributed by atoms with van der Waals surface area (Å²) in [5.41, 5.74) is 4.28. The number of benzene rings is 3. The van der Waals surface area contributed by atoms with Crippen LogP contribution < -0.4 is 4.74 Å². The molecule has 4 aromatic rings. The maximum atomic E-state index is 13.3. The van der Waals surface area contributed by atoms with Crippen molar-refractivity contribution in [3.63, 3.8) is 0 Å². The summed E-state index contributed by atoms with van der Waals surface area (Å²) in [5.74, 6) is -0.387. The van der Waals surface area contributed by atoms with Crippen molar-refractivity contribution >= 4 is 41.1 Å². The van der Waals surface area contributed by atoms with Gasteiger partial charge in [0, 0.05) is 45.1 Å². The molecule has 0 saturated carbocycles. The molecular weight excluding hydrogens is 559 g/mol. The first-order valence-electron chi connectivity index (χ1n) is 12.8. The fraction of sp³-hybridized carbons (Fsp3) is 0.125. The summed E-state index contributed by atoms with van der Waals surface area (Å²) in [6, 6.07) is 24.2. The first-order valence-corrected chi connectivity index (χ1v) is 13.6. The third-order valence-corrected chi connectivity index (χ3v) is 7.33. The van der Waals surface area contributed by atoms with Crippen LogP contribution in [0.4, 0.5) is 0 Å². The van der Waals surface area contributed by atoms with E-state index >= 15 is 0 Å². The van der Waals surface area contributed by atoms with Crippen LogP contribution in [0.25, 0.3) is 23.0 Å². The lowest BCUT2D eigenvalue weighted by Crippen LogP contribution is -2.42. The Kier molecular flexibility index (Phi) is 8.06. The highest BCUT2D eigenvalue weighted by atomic mass is 35.5. The van der Waals surface area contributed by atoms with E-state index in [-0.39, 0.29) is 24.3 Å². The molecule has 9 heteroatoms. The summed E-state index contributed by atoms with van der Waals surface area (Å²) in [7, 11) is 0. The van der Waals surface area contributed by atoms with Gasteiger partial charge >= 0.3 is 0 Å². The van der Waals surface area contributed by atoms with Crippen molar-refractivity contribution < 1.29 is 14.3 Å². The van der Waals surface area contributed by atoms with Crippen molar-refractivity contribution in [3.8, 4) is 28.8 Å². The number of rotatable bonds is 7. The maximum absolute atomic E-state index is 13.3. The maximum Gasteiger partial charge on any atom is 0.271 e. The molecule has 2 amide bonds.